The van der Waals surface area contributed by atoms with E-state index in [4.69, 9.17) is 4.98 Å². The number of amides is 1. The van der Waals surface area contributed by atoms with Crippen molar-refractivity contribution in [3.05, 3.63) is 119 Å². The van der Waals surface area contributed by atoms with E-state index >= 15 is 0 Å². The van der Waals surface area contributed by atoms with Gasteiger partial charge in [0.05, 0.1) is 12.2 Å². The van der Waals surface area contributed by atoms with Crippen molar-refractivity contribution in [3.63, 3.8) is 0 Å². The second-order valence-electron chi connectivity index (χ2n) is 10.6. The Kier molecular flexibility index (Phi) is 8.52. The number of benzene rings is 4. The van der Waals surface area contributed by atoms with E-state index < -0.39 is 0 Å². The van der Waals surface area contributed by atoms with Gasteiger partial charge in [0.1, 0.15) is 6.29 Å². The summed E-state index contributed by atoms with van der Waals surface area (Å²) in [6.07, 6.45) is 8.32. The number of nitrogens with zero attached hydrogens (tertiary/aromatic N) is 2. The number of allylic oxidation sites excluding steroid dienone is 2. The van der Waals surface area contributed by atoms with Crippen LogP contribution >= 0.6 is 11.3 Å². The summed E-state index contributed by atoms with van der Waals surface area (Å²) in [4.78, 5) is 30.3. The van der Waals surface area contributed by atoms with Gasteiger partial charge in [-0.2, -0.15) is 0 Å². The van der Waals surface area contributed by atoms with Crippen LogP contribution in [-0.2, 0) is 11.3 Å². The Morgan fingerprint density at radius 3 is 2.45 bits per heavy atom. The molecule has 0 atom stereocenters. The maximum atomic E-state index is 12.4. The van der Waals surface area contributed by atoms with E-state index in [1.54, 1.807) is 11.3 Å². The van der Waals surface area contributed by atoms with Gasteiger partial charge in [-0.25, -0.2) is 4.98 Å². The van der Waals surface area contributed by atoms with Crippen LogP contribution in [0.3, 0.4) is 0 Å². The standard InChI is InChI=1S/C36H33N3O2S/c40-22-6-21-37-35(41)30-13-11-26(12-14-30)24-39(33-19-17-29(18-20-33)27-7-2-1-3-8-27)36-38-34(25-42-36)32-16-15-28-9-4-5-10-31(28)23-32/h4-5,7,9-20,22-23,25H,1-3,6,8,21,24H2,(H,37,41). The smallest absolute Gasteiger partial charge is 0.251 e. The number of nitrogens with one attached hydrogen (secondary N) is 1. The molecule has 0 saturated heterocycles. The summed E-state index contributed by atoms with van der Waals surface area (Å²) in [6, 6.07) is 31.3. The number of carbonyl (C=O) groups is 2. The fourth-order valence-electron chi connectivity index (χ4n) is 5.39. The zero-order valence-corrected chi connectivity index (χ0v) is 24.3. The molecule has 0 fully saturated rings. The molecule has 6 rings (SSSR count). The van der Waals surface area contributed by atoms with Crippen molar-refractivity contribution in [1.82, 2.24) is 10.3 Å². The molecule has 0 spiro atoms. The lowest BCUT2D eigenvalue weighted by atomic mass is 9.93. The molecule has 1 aliphatic carbocycles. The molecule has 4 aromatic carbocycles. The fourth-order valence-corrected chi connectivity index (χ4v) is 6.24. The number of fused-ring (bicyclic) bond motifs is 1. The number of thiazole rings is 1. The van der Waals surface area contributed by atoms with Gasteiger partial charge in [0.2, 0.25) is 0 Å². The Balaban J connectivity index is 1.29. The molecule has 1 aliphatic rings. The van der Waals surface area contributed by atoms with E-state index in [1.165, 1.54) is 34.8 Å². The van der Waals surface area contributed by atoms with Crippen LogP contribution in [0.25, 0.3) is 27.6 Å². The van der Waals surface area contributed by atoms with Crippen molar-refractivity contribution in [2.24, 2.45) is 0 Å². The number of carbonyl (C=O) groups excluding carboxylic acids is 2. The lowest BCUT2D eigenvalue weighted by Crippen LogP contribution is -2.24. The minimum Gasteiger partial charge on any atom is -0.352 e. The van der Waals surface area contributed by atoms with Gasteiger partial charge in [-0.1, -0.05) is 66.7 Å². The highest BCUT2D eigenvalue weighted by Crippen LogP contribution is 2.36. The molecule has 0 radical (unpaired) electrons. The molecular formula is C36H33N3O2S. The molecule has 1 aromatic heterocycles. The Hall–Kier alpha value is -4.55. The predicted molar refractivity (Wildman–Crippen MR) is 173 cm³/mol. The van der Waals surface area contributed by atoms with Crippen molar-refractivity contribution in [1.29, 1.82) is 0 Å². The predicted octanol–water partition coefficient (Wildman–Crippen LogP) is 8.58. The number of rotatable bonds is 10. The third kappa shape index (κ3) is 6.34. The molecule has 5 nitrogen and oxygen atoms in total. The van der Waals surface area contributed by atoms with E-state index in [0.29, 0.717) is 25.1 Å². The summed E-state index contributed by atoms with van der Waals surface area (Å²) in [5.74, 6) is -0.173. The van der Waals surface area contributed by atoms with Crippen molar-refractivity contribution in [2.75, 3.05) is 11.4 Å². The minimum absolute atomic E-state index is 0.173. The number of anilines is 2. The topological polar surface area (TPSA) is 62.3 Å². The van der Waals surface area contributed by atoms with E-state index in [1.807, 2.05) is 24.3 Å². The minimum atomic E-state index is -0.173. The van der Waals surface area contributed by atoms with E-state index in [0.717, 1.165) is 46.8 Å². The molecule has 0 unspecified atom stereocenters. The summed E-state index contributed by atoms with van der Waals surface area (Å²) < 4.78 is 0. The zero-order valence-electron chi connectivity index (χ0n) is 23.5. The first kappa shape index (κ1) is 27.6. The van der Waals surface area contributed by atoms with Crippen LogP contribution in [0.2, 0.25) is 0 Å². The average molecular weight is 572 g/mol. The summed E-state index contributed by atoms with van der Waals surface area (Å²) in [6.45, 7) is 0.952. The van der Waals surface area contributed by atoms with Gasteiger partial charge >= 0.3 is 0 Å². The molecule has 1 N–H and O–H groups in total. The Labute approximate surface area is 250 Å². The van der Waals surface area contributed by atoms with Crippen LogP contribution in [0.1, 0.15) is 53.6 Å². The Morgan fingerprint density at radius 2 is 1.69 bits per heavy atom. The average Bonchev–Trinajstić information content (AvgIpc) is 3.54. The van der Waals surface area contributed by atoms with Crippen LogP contribution in [-0.4, -0.2) is 23.7 Å². The van der Waals surface area contributed by atoms with Crippen LogP contribution in [0, 0.1) is 0 Å². The van der Waals surface area contributed by atoms with Crippen LogP contribution in [0.5, 0.6) is 0 Å². The Bertz CT molecular complexity index is 1720. The van der Waals surface area contributed by atoms with Crippen molar-refractivity contribution in [3.8, 4) is 11.3 Å². The maximum absolute atomic E-state index is 12.4. The SMILES string of the molecule is O=CCCNC(=O)c1ccc(CN(c2ccc(C3=CCCCC3)cc2)c2nc(-c3ccc4ccccc4c3)cs2)cc1. The zero-order chi connectivity index (χ0) is 28.7. The number of aromatic nitrogens is 1. The molecule has 5 aromatic rings. The van der Waals surface area contributed by atoms with Gasteiger partial charge < -0.3 is 15.0 Å². The van der Waals surface area contributed by atoms with Gasteiger partial charge in [-0.05, 0) is 83.5 Å². The first-order valence-corrected chi connectivity index (χ1v) is 15.4. The van der Waals surface area contributed by atoms with Gasteiger partial charge in [0, 0.05) is 35.2 Å². The van der Waals surface area contributed by atoms with Crippen molar-refractivity contribution >= 4 is 50.7 Å². The largest absolute Gasteiger partial charge is 0.352 e. The lowest BCUT2D eigenvalue weighted by molar-refractivity contribution is -0.107. The first-order chi connectivity index (χ1) is 20.7. The second kappa shape index (κ2) is 13.0. The summed E-state index contributed by atoms with van der Waals surface area (Å²) in [5.41, 5.74) is 7.51. The van der Waals surface area contributed by atoms with Crippen molar-refractivity contribution in [2.45, 2.75) is 38.6 Å². The fraction of sp³-hybridized carbons (Fsp3) is 0.194. The maximum Gasteiger partial charge on any atom is 0.251 e. The third-order valence-corrected chi connectivity index (χ3v) is 8.58. The highest BCUT2D eigenvalue weighted by Gasteiger charge is 2.17. The van der Waals surface area contributed by atoms with Gasteiger partial charge in [0.25, 0.3) is 5.91 Å². The van der Waals surface area contributed by atoms with E-state index in [2.05, 4.69) is 88.4 Å². The first-order valence-electron chi connectivity index (χ1n) is 14.5. The van der Waals surface area contributed by atoms with Gasteiger partial charge in [0.15, 0.2) is 5.13 Å². The third-order valence-electron chi connectivity index (χ3n) is 7.71. The lowest BCUT2D eigenvalue weighted by Gasteiger charge is -2.23. The molecule has 42 heavy (non-hydrogen) atoms. The molecule has 1 heterocycles. The Morgan fingerprint density at radius 1 is 0.905 bits per heavy atom. The van der Waals surface area contributed by atoms with Crippen LogP contribution < -0.4 is 10.2 Å². The van der Waals surface area contributed by atoms with Gasteiger partial charge in [-0.15, -0.1) is 11.3 Å². The van der Waals surface area contributed by atoms with E-state index in [9.17, 15) is 9.59 Å². The normalized spacial score (nSPS) is 13.0. The summed E-state index contributed by atoms with van der Waals surface area (Å²) in [7, 11) is 0. The quantitative estimate of drug-likeness (QED) is 0.135. The number of hydrogen-bond acceptors (Lipinski definition) is 5. The molecule has 6 heteroatoms. The molecule has 210 valence electrons. The van der Waals surface area contributed by atoms with Crippen molar-refractivity contribution < 1.29 is 9.59 Å². The summed E-state index contributed by atoms with van der Waals surface area (Å²) in [5, 5.41) is 8.23. The molecule has 0 bridgehead atoms. The molecule has 1 amide bonds. The monoisotopic (exact) mass is 571 g/mol. The highest BCUT2D eigenvalue weighted by molar-refractivity contribution is 7.14. The second-order valence-corrected chi connectivity index (χ2v) is 11.4. The highest BCUT2D eigenvalue weighted by atomic mass is 32.1. The molecular weight excluding hydrogens is 538 g/mol. The van der Waals surface area contributed by atoms with Gasteiger partial charge in [-0.3, -0.25) is 4.79 Å². The molecule has 0 saturated carbocycles. The van der Waals surface area contributed by atoms with Crippen LogP contribution in [0.4, 0.5) is 10.8 Å². The molecule has 0 aliphatic heterocycles. The number of aldehydes is 1. The van der Waals surface area contributed by atoms with E-state index in [-0.39, 0.29) is 5.91 Å². The summed E-state index contributed by atoms with van der Waals surface area (Å²) >= 11 is 1.63. The van der Waals surface area contributed by atoms with Crippen LogP contribution in [0.15, 0.2) is 102 Å². The number of hydrogen-bond donors (Lipinski definition) is 1.